The van der Waals surface area contributed by atoms with E-state index in [4.69, 9.17) is 5.73 Å². The summed E-state index contributed by atoms with van der Waals surface area (Å²) >= 11 is 0. The Labute approximate surface area is 150 Å². The number of hydrogen-bond donors (Lipinski definition) is 1. The van der Waals surface area contributed by atoms with E-state index in [0.29, 0.717) is 33.1 Å². The molecule has 0 fully saturated rings. The van der Waals surface area contributed by atoms with Gasteiger partial charge in [0.2, 0.25) is 0 Å². The van der Waals surface area contributed by atoms with Gasteiger partial charge >= 0.3 is 0 Å². The number of fused-ring (bicyclic) bond motifs is 1. The largest absolute Gasteiger partial charge is 0.399 e. The normalized spacial score (nSPS) is 12.1. The van der Waals surface area contributed by atoms with Crippen LogP contribution >= 0.6 is 0 Å². The highest BCUT2D eigenvalue weighted by Crippen LogP contribution is 2.41. The van der Waals surface area contributed by atoms with Gasteiger partial charge in [-0.3, -0.25) is 0 Å². The van der Waals surface area contributed by atoms with Crippen LogP contribution in [-0.2, 0) is 0 Å². The van der Waals surface area contributed by atoms with Gasteiger partial charge in [-0.05, 0) is 40.2 Å². The fourth-order valence-corrected chi connectivity index (χ4v) is 9.30. The molecule has 0 atom stereocenters. The van der Waals surface area contributed by atoms with E-state index < -0.39 is 19.7 Å². The van der Waals surface area contributed by atoms with E-state index in [1.807, 2.05) is 0 Å². The zero-order valence-corrected chi connectivity index (χ0v) is 16.9. The molecule has 4 heteroatoms. The van der Waals surface area contributed by atoms with Gasteiger partial charge < -0.3 is 5.73 Å². The Morgan fingerprint density at radius 2 is 1.48 bits per heavy atom. The Bertz CT molecular complexity index is 823. The molecule has 0 bridgehead atoms. The summed E-state index contributed by atoms with van der Waals surface area (Å²) in [5.74, 6) is 1.30. The molecule has 0 saturated carbocycles. The summed E-state index contributed by atoms with van der Waals surface area (Å²) in [7, 11) is -2.02. The number of anilines is 1. The van der Waals surface area contributed by atoms with Crippen molar-refractivity contribution in [3.63, 3.8) is 0 Å². The highest BCUT2D eigenvalue weighted by atomic mass is 28.3. The Morgan fingerprint density at radius 1 is 0.920 bits per heavy atom. The van der Waals surface area contributed by atoms with Gasteiger partial charge in [-0.1, -0.05) is 53.5 Å². The minimum absolute atomic E-state index is 0.147. The van der Waals surface area contributed by atoms with E-state index in [0.717, 1.165) is 0 Å². The van der Waals surface area contributed by atoms with E-state index in [1.54, 1.807) is 18.2 Å². The second kappa shape index (κ2) is 7.17. The minimum atomic E-state index is -2.02. The average Bonchev–Trinajstić information content (AvgIpc) is 2.50. The molecule has 0 unspecified atom stereocenters. The van der Waals surface area contributed by atoms with Crippen molar-refractivity contribution in [2.75, 3.05) is 5.73 Å². The molecule has 134 valence electrons. The number of benzene rings is 2. The lowest BCUT2D eigenvalue weighted by atomic mass is 10.0. The van der Waals surface area contributed by atoms with Gasteiger partial charge in [-0.2, -0.15) is 0 Å². The van der Waals surface area contributed by atoms with Crippen LogP contribution in [0.5, 0.6) is 0 Å². The first-order chi connectivity index (χ1) is 11.6. The monoisotopic (exact) mass is 359 g/mol. The van der Waals surface area contributed by atoms with Gasteiger partial charge in [0.1, 0.15) is 8.07 Å². The zero-order chi connectivity index (χ0) is 18.9. The summed E-state index contributed by atoms with van der Waals surface area (Å²) in [6.07, 6.45) is 0. The molecule has 2 aromatic carbocycles. The van der Waals surface area contributed by atoms with Crippen molar-refractivity contribution in [2.45, 2.75) is 58.2 Å². The Morgan fingerprint density at radius 3 is 2.00 bits per heavy atom. The van der Waals surface area contributed by atoms with Gasteiger partial charge in [-0.25, -0.2) is 8.78 Å². The van der Waals surface area contributed by atoms with E-state index in [1.165, 1.54) is 6.07 Å². The first kappa shape index (κ1) is 19.5. The molecule has 0 radical (unpaired) electrons. The summed E-state index contributed by atoms with van der Waals surface area (Å²) < 4.78 is 28.6. The third kappa shape index (κ3) is 3.43. The Kier molecular flexibility index (Phi) is 5.58. The molecule has 2 N–H and O–H groups in total. The summed E-state index contributed by atoms with van der Waals surface area (Å²) in [6.45, 7) is 13.2. The SMILES string of the molecule is CC(C)[Si](C#Cc1c(F)c(F)cc2cc(N)ccc12)(C(C)C)C(C)C. The molecular formula is C21H27F2NSi. The number of nitrogen functional groups attached to an aromatic ring is 1. The van der Waals surface area contributed by atoms with E-state index in [9.17, 15) is 8.78 Å². The van der Waals surface area contributed by atoms with Gasteiger partial charge in [0.05, 0.1) is 5.56 Å². The Balaban J connectivity index is 2.76. The minimum Gasteiger partial charge on any atom is -0.399 e. The lowest BCUT2D eigenvalue weighted by molar-refractivity contribution is 0.509. The second-order valence-corrected chi connectivity index (χ2v) is 13.3. The third-order valence-electron chi connectivity index (χ3n) is 5.33. The van der Waals surface area contributed by atoms with Crippen molar-refractivity contribution in [1.29, 1.82) is 0 Å². The lowest BCUT2D eigenvalue weighted by Gasteiger charge is -2.38. The molecular weight excluding hydrogens is 332 g/mol. The van der Waals surface area contributed by atoms with Crippen LogP contribution in [0.25, 0.3) is 10.8 Å². The van der Waals surface area contributed by atoms with Crippen LogP contribution in [0, 0.1) is 23.1 Å². The van der Waals surface area contributed by atoms with Crippen LogP contribution in [0.1, 0.15) is 47.1 Å². The number of rotatable bonds is 3. The van der Waals surface area contributed by atoms with Gasteiger partial charge in [0.15, 0.2) is 11.6 Å². The summed E-state index contributed by atoms with van der Waals surface area (Å²) in [5, 5.41) is 1.19. The van der Waals surface area contributed by atoms with Crippen molar-refractivity contribution >= 4 is 24.5 Å². The predicted octanol–water partition coefficient (Wildman–Crippen LogP) is 6.27. The molecule has 0 heterocycles. The van der Waals surface area contributed by atoms with Crippen LogP contribution in [0.4, 0.5) is 14.5 Å². The fraction of sp³-hybridized carbons (Fsp3) is 0.429. The molecule has 0 aromatic heterocycles. The number of halogens is 2. The van der Waals surface area contributed by atoms with E-state index in [2.05, 4.69) is 53.0 Å². The molecule has 2 rings (SSSR count). The first-order valence-electron chi connectivity index (χ1n) is 8.81. The molecule has 25 heavy (non-hydrogen) atoms. The van der Waals surface area contributed by atoms with Crippen LogP contribution in [-0.4, -0.2) is 8.07 Å². The molecule has 0 saturated heterocycles. The van der Waals surface area contributed by atoms with Gasteiger partial charge in [0, 0.05) is 11.1 Å². The smallest absolute Gasteiger partial charge is 0.175 e. The number of hydrogen-bond acceptors (Lipinski definition) is 1. The van der Waals surface area contributed by atoms with Crippen molar-refractivity contribution in [1.82, 2.24) is 0 Å². The van der Waals surface area contributed by atoms with Crippen molar-refractivity contribution < 1.29 is 8.78 Å². The molecule has 0 spiro atoms. The average molecular weight is 360 g/mol. The molecule has 0 aliphatic rings. The van der Waals surface area contributed by atoms with Crippen molar-refractivity contribution in [2.24, 2.45) is 0 Å². The van der Waals surface area contributed by atoms with Crippen LogP contribution in [0.3, 0.4) is 0 Å². The maximum absolute atomic E-state index is 14.5. The number of nitrogens with two attached hydrogens (primary N) is 1. The lowest BCUT2D eigenvalue weighted by Crippen LogP contribution is -2.43. The standard InChI is InChI=1S/C21H27F2NSi/c1-13(2)25(14(3)4,15(5)6)10-9-19-18-8-7-17(24)11-16(18)12-20(22)21(19)23/h7-8,11-15H,24H2,1-6H3. The van der Waals surface area contributed by atoms with Gasteiger partial charge in [-0.15, -0.1) is 5.54 Å². The Hall–Kier alpha value is -1.86. The topological polar surface area (TPSA) is 26.0 Å². The first-order valence-corrected chi connectivity index (χ1v) is 11.0. The fourth-order valence-electron chi connectivity index (χ4n) is 4.09. The predicted molar refractivity (Wildman–Crippen MR) is 106 cm³/mol. The summed E-state index contributed by atoms with van der Waals surface area (Å²) in [6, 6.07) is 6.26. The van der Waals surface area contributed by atoms with Crippen molar-refractivity contribution in [3.8, 4) is 11.5 Å². The van der Waals surface area contributed by atoms with Gasteiger partial charge in [0.25, 0.3) is 0 Å². The molecule has 1 nitrogen and oxygen atoms in total. The molecule has 2 aromatic rings. The quantitative estimate of drug-likeness (QED) is 0.390. The highest BCUT2D eigenvalue weighted by molar-refractivity contribution is 6.90. The molecule has 0 aliphatic carbocycles. The molecule has 0 amide bonds. The third-order valence-corrected chi connectivity index (χ3v) is 11.6. The van der Waals surface area contributed by atoms with Crippen molar-refractivity contribution in [3.05, 3.63) is 41.5 Å². The second-order valence-electron chi connectivity index (χ2n) is 7.68. The summed E-state index contributed by atoms with van der Waals surface area (Å²) in [4.78, 5) is 0. The zero-order valence-electron chi connectivity index (χ0n) is 15.9. The van der Waals surface area contributed by atoms with E-state index in [-0.39, 0.29) is 5.56 Å². The summed E-state index contributed by atoms with van der Waals surface area (Å²) in [5.41, 5.74) is 11.2. The maximum Gasteiger partial charge on any atom is 0.175 e. The van der Waals surface area contributed by atoms with E-state index >= 15 is 0 Å². The van der Waals surface area contributed by atoms with Crippen LogP contribution in [0.2, 0.25) is 16.6 Å². The highest BCUT2D eigenvalue weighted by Gasteiger charge is 2.41. The van der Waals surface area contributed by atoms with Crippen LogP contribution in [0.15, 0.2) is 24.3 Å². The maximum atomic E-state index is 14.5. The van der Waals surface area contributed by atoms with Crippen LogP contribution < -0.4 is 5.73 Å². The molecule has 0 aliphatic heterocycles.